The summed E-state index contributed by atoms with van der Waals surface area (Å²) >= 11 is 0. The topological polar surface area (TPSA) is 79.9 Å². The molecule has 2 atom stereocenters. The number of nitrogens with zero attached hydrogens (tertiary/aromatic N) is 4. The van der Waals surface area contributed by atoms with E-state index in [0.717, 1.165) is 19.5 Å². The molecule has 4 heterocycles. The van der Waals surface area contributed by atoms with Crippen LogP contribution in [0.4, 0.5) is 5.82 Å². The van der Waals surface area contributed by atoms with Crippen molar-refractivity contribution in [2.45, 2.75) is 18.6 Å². The normalized spacial score (nSPS) is 25.2. The number of carboxylic acids is 1. The van der Waals surface area contributed by atoms with Gasteiger partial charge in [-0.15, -0.1) is 0 Å². The lowest BCUT2D eigenvalue weighted by atomic mass is 9.99. The van der Waals surface area contributed by atoms with Crippen molar-refractivity contribution in [3.63, 3.8) is 0 Å². The molecule has 0 aliphatic carbocycles. The van der Waals surface area contributed by atoms with Crippen LogP contribution in [0.3, 0.4) is 0 Å². The summed E-state index contributed by atoms with van der Waals surface area (Å²) in [4.78, 5) is 17.7. The Morgan fingerprint density at radius 1 is 1.60 bits per heavy atom. The van der Waals surface area contributed by atoms with Crippen molar-refractivity contribution < 1.29 is 14.6 Å². The first-order valence-corrected chi connectivity index (χ1v) is 6.45. The summed E-state index contributed by atoms with van der Waals surface area (Å²) in [5.41, 5.74) is 0.0882. The second-order valence-corrected chi connectivity index (χ2v) is 5.01. The molecular formula is C13H16N4O3. The van der Waals surface area contributed by atoms with Crippen LogP contribution in [0.25, 0.3) is 0 Å². The van der Waals surface area contributed by atoms with E-state index < -0.39 is 5.97 Å². The molecule has 3 aliphatic heterocycles. The Bertz CT molecular complexity index is 576. The van der Waals surface area contributed by atoms with Gasteiger partial charge in [0.2, 0.25) is 0 Å². The number of aromatic carboxylic acids is 1. The third kappa shape index (κ3) is 2.09. The van der Waals surface area contributed by atoms with Crippen molar-refractivity contribution >= 4 is 17.6 Å². The van der Waals surface area contributed by atoms with Crippen molar-refractivity contribution in [2.75, 3.05) is 13.1 Å². The number of morpholine rings is 1. The zero-order chi connectivity index (χ0) is 14.3. The van der Waals surface area contributed by atoms with Gasteiger partial charge in [-0.3, -0.25) is 4.68 Å². The van der Waals surface area contributed by atoms with E-state index in [1.165, 1.54) is 10.9 Å². The lowest BCUT2D eigenvalue weighted by Gasteiger charge is -2.47. The van der Waals surface area contributed by atoms with E-state index in [9.17, 15) is 4.79 Å². The van der Waals surface area contributed by atoms with Crippen LogP contribution in [0.15, 0.2) is 23.8 Å². The van der Waals surface area contributed by atoms with Crippen molar-refractivity contribution in [1.29, 1.82) is 0 Å². The summed E-state index contributed by atoms with van der Waals surface area (Å²) in [5.74, 6) is -0.0493. The Labute approximate surface area is 116 Å². The zero-order valence-electron chi connectivity index (χ0n) is 11.2. The SMILES string of the molecule is C=C/C(=N\c1c(C(=O)O)cnn1C)N1CC2CC(C1)O2. The number of amidine groups is 1. The molecule has 0 spiro atoms. The number of carbonyl (C=O) groups is 1. The van der Waals surface area contributed by atoms with Gasteiger partial charge in [-0.05, 0) is 6.08 Å². The molecule has 4 rings (SSSR count). The Morgan fingerprint density at radius 3 is 2.80 bits per heavy atom. The van der Waals surface area contributed by atoms with Gasteiger partial charge in [0, 0.05) is 26.6 Å². The molecule has 1 N–H and O–H groups in total. The minimum atomic E-state index is -1.04. The Kier molecular flexibility index (Phi) is 3.06. The average molecular weight is 276 g/mol. The van der Waals surface area contributed by atoms with Crippen molar-refractivity contribution in [3.8, 4) is 0 Å². The summed E-state index contributed by atoms with van der Waals surface area (Å²) in [6.45, 7) is 5.30. The van der Waals surface area contributed by atoms with Crippen LogP contribution in [-0.2, 0) is 11.8 Å². The van der Waals surface area contributed by atoms with Gasteiger partial charge in [0.25, 0.3) is 0 Å². The van der Waals surface area contributed by atoms with E-state index in [1.807, 2.05) is 0 Å². The zero-order valence-corrected chi connectivity index (χ0v) is 11.2. The van der Waals surface area contributed by atoms with E-state index in [1.54, 1.807) is 13.1 Å². The molecule has 0 saturated carbocycles. The predicted octanol–water partition coefficient (Wildman–Crippen LogP) is 0.807. The van der Waals surface area contributed by atoms with Gasteiger partial charge in [-0.2, -0.15) is 5.10 Å². The van der Waals surface area contributed by atoms with Gasteiger partial charge in [0.1, 0.15) is 11.4 Å². The minimum Gasteiger partial charge on any atom is -0.477 e. The molecule has 0 aromatic carbocycles. The maximum absolute atomic E-state index is 11.2. The highest BCUT2D eigenvalue weighted by Gasteiger charge is 2.39. The monoisotopic (exact) mass is 276 g/mol. The summed E-state index contributed by atoms with van der Waals surface area (Å²) in [6.07, 6.45) is 4.54. The van der Waals surface area contributed by atoms with E-state index in [-0.39, 0.29) is 17.8 Å². The van der Waals surface area contributed by atoms with Crippen LogP contribution in [0.1, 0.15) is 16.8 Å². The lowest BCUT2D eigenvalue weighted by molar-refractivity contribution is -0.167. The van der Waals surface area contributed by atoms with Crippen LogP contribution in [0.5, 0.6) is 0 Å². The van der Waals surface area contributed by atoms with Crippen LogP contribution >= 0.6 is 0 Å². The minimum absolute atomic E-state index is 0.0882. The molecule has 3 aliphatic rings. The molecule has 2 bridgehead atoms. The molecule has 106 valence electrons. The van der Waals surface area contributed by atoms with Crippen molar-refractivity contribution in [1.82, 2.24) is 14.7 Å². The van der Waals surface area contributed by atoms with Crippen LogP contribution in [-0.4, -0.2) is 56.9 Å². The van der Waals surface area contributed by atoms with Gasteiger partial charge in [0.05, 0.1) is 18.4 Å². The number of aryl methyl sites for hydroxylation is 1. The number of aliphatic imine (C=N–C) groups is 1. The number of fused-ring (bicyclic) bond motifs is 2. The van der Waals surface area contributed by atoms with E-state index >= 15 is 0 Å². The van der Waals surface area contributed by atoms with Gasteiger partial charge in [-0.25, -0.2) is 9.79 Å². The number of hydrogen-bond acceptors (Lipinski definition) is 4. The number of ether oxygens (including phenoxy) is 1. The molecule has 20 heavy (non-hydrogen) atoms. The first-order chi connectivity index (χ1) is 9.58. The number of rotatable bonds is 3. The molecule has 7 heteroatoms. The fourth-order valence-electron chi connectivity index (χ4n) is 2.61. The highest BCUT2D eigenvalue weighted by atomic mass is 16.5. The third-order valence-electron chi connectivity index (χ3n) is 3.62. The molecule has 0 radical (unpaired) electrons. The number of aromatic nitrogens is 2. The largest absolute Gasteiger partial charge is 0.477 e. The number of carboxylic acid groups (broad SMARTS) is 1. The van der Waals surface area contributed by atoms with Crippen molar-refractivity contribution in [3.05, 3.63) is 24.4 Å². The van der Waals surface area contributed by atoms with Crippen LogP contribution in [0, 0.1) is 0 Å². The maximum Gasteiger partial charge on any atom is 0.341 e. The van der Waals surface area contributed by atoms with Gasteiger partial charge >= 0.3 is 5.97 Å². The fourth-order valence-corrected chi connectivity index (χ4v) is 2.61. The van der Waals surface area contributed by atoms with Gasteiger partial charge in [0.15, 0.2) is 5.82 Å². The average Bonchev–Trinajstić information content (AvgIpc) is 2.76. The summed E-state index contributed by atoms with van der Waals surface area (Å²) < 4.78 is 7.03. The Balaban J connectivity index is 1.90. The molecule has 1 aromatic rings. The summed E-state index contributed by atoms with van der Waals surface area (Å²) in [7, 11) is 1.67. The molecule has 3 fully saturated rings. The lowest BCUT2D eigenvalue weighted by Crippen LogP contribution is -2.58. The molecule has 2 unspecified atom stereocenters. The smallest absolute Gasteiger partial charge is 0.341 e. The Morgan fingerprint density at radius 2 is 2.25 bits per heavy atom. The maximum atomic E-state index is 11.2. The van der Waals surface area contributed by atoms with Crippen molar-refractivity contribution in [2.24, 2.45) is 12.0 Å². The second-order valence-electron chi connectivity index (χ2n) is 5.01. The quantitative estimate of drug-likeness (QED) is 0.652. The molecule has 3 saturated heterocycles. The summed E-state index contributed by atoms with van der Waals surface area (Å²) in [6, 6.07) is 0. The van der Waals surface area contributed by atoms with E-state index in [2.05, 4.69) is 21.6 Å². The highest BCUT2D eigenvalue weighted by Crippen LogP contribution is 2.29. The van der Waals surface area contributed by atoms with Crippen LogP contribution in [0.2, 0.25) is 0 Å². The highest BCUT2D eigenvalue weighted by molar-refractivity contribution is 5.98. The van der Waals surface area contributed by atoms with Gasteiger partial charge < -0.3 is 14.7 Å². The molecule has 0 amide bonds. The predicted molar refractivity (Wildman–Crippen MR) is 72.3 cm³/mol. The number of hydrogen-bond donors (Lipinski definition) is 1. The number of piperidine rings is 1. The van der Waals surface area contributed by atoms with Crippen LogP contribution < -0.4 is 0 Å². The van der Waals surface area contributed by atoms with Gasteiger partial charge in [-0.1, -0.05) is 6.58 Å². The summed E-state index contributed by atoms with van der Waals surface area (Å²) in [5, 5.41) is 13.1. The second kappa shape index (κ2) is 4.75. The standard InChI is InChI=1S/C13H16N4O3/c1-3-11(17-6-8-4-9(7-17)20-8)15-12-10(13(18)19)5-14-16(12)2/h3,5,8-9H,1,4,6-7H2,2H3,(H,18,19)/b15-11+. The first-order valence-electron chi connectivity index (χ1n) is 6.45. The first kappa shape index (κ1) is 12.9. The molecule has 1 aromatic heterocycles. The fraction of sp³-hybridized carbons (Fsp3) is 0.462. The van der Waals surface area contributed by atoms with E-state index in [4.69, 9.17) is 9.84 Å². The van der Waals surface area contributed by atoms with E-state index in [0.29, 0.717) is 11.7 Å². The molecular weight excluding hydrogens is 260 g/mol. The Hall–Kier alpha value is -2.15. The molecule has 7 nitrogen and oxygen atoms in total. The third-order valence-corrected chi connectivity index (χ3v) is 3.62.